The lowest BCUT2D eigenvalue weighted by Gasteiger charge is -2.25. The molecule has 2 aliphatic rings. The summed E-state index contributed by atoms with van der Waals surface area (Å²) in [4.78, 5) is 0. The molecular weight excluding hydrogens is 1890 g/mol. The Bertz CT molecular complexity index is 8130. The van der Waals surface area contributed by atoms with Gasteiger partial charge in [-0.1, -0.05) is 0 Å². The van der Waals surface area contributed by atoms with Crippen LogP contribution in [-0.2, 0) is 0 Å². The lowest BCUT2D eigenvalue weighted by molar-refractivity contribution is 0.302. The molecule has 2 aromatic heterocycles. The molecule has 46 nitrogen and oxygen atoms in total. The molecule has 0 saturated heterocycles. The van der Waals surface area contributed by atoms with E-state index in [0.717, 1.165) is 170 Å². The van der Waals surface area contributed by atoms with Gasteiger partial charge in [0.2, 0.25) is 80.5 Å². The first-order valence-corrected chi connectivity index (χ1v) is 40.0. The van der Waals surface area contributed by atoms with Gasteiger partial charge in [0.1, 0.15) is 149 Å². The number of phenolic OH excluding ortho intramolecular Hbond substituents is 32. The van der Waals surface area contributed by atoms with Crippen LogP contribution in [0.25, 0.3) is 66.1 Å². The summed E-state index contributed by atoms with van der Waals surface area (Å²) in [5, 5.41) is 343. The molecule has 0 unspecified atom stereocenters. The molecule has 0 fully saturated rings. The zero-order valence-electron chi connectivity index (χ0n) is 70.2. The SMILES string of the molecule is Oc1cc(O)cc(Oc2c(O)cc(O)c3c2oc2cc(O)c4c(c23)Oc2c(O)cc(O)c(Oc3cc(O)cc(O)c3-c3c(O)cc(O)cc3Oc3c(O)cc(O)cc3Oc3c(O)cc(O)cc3O)c2O4)c1.Oc1cc(O)cc(Oc2c(O)cc(O)c3c2oc2cc4c(c(O)c23)Oc2c(c(O)cc(O)c2Oc2cc(O)cc(O)c2-c2c(O)cc(O)cc2Oc2c(O)cc(O)cc2Oc2c(O)cc(O)cc2O)O4)c1. The molecule has 0 spiro atoms. The van der Waals surface area contributed by atoms with E-state index in [1.165, 1.54) is 0 Å². The summed E-state index contributed by atoms with van der Waals surface area (Å²) in [6.07, 6.45) is 0. The van der Waals surface area contributed by atoms with Crippen LogP contribution in [0.4, 0.5) is 0 Å². The maximum absolute atomic E-state index is 11.8. The molecule has 4 heterocycles. The third-order valence-electron chi connectivity index (χ3n) is 21.1. The molecule has 18 aromatic rings. The first-order chi connectivity index (χ1) is 67.4. The van der Waals surface area contributed by atoms with Gasteiger partial charge in [0.15, 0.2) is 115 Å². The van der Waals surface area contributed by atoms with Gasteiger partial charge in [-0.25, -0.2) is 0 Å². The molecule has 0 atom stereocenters. The molecule has 0 saturated carbocycles. The predicted molar refractivity (Wildman–Crippen MR) is 477 cm³/mol. The summed E-state index contributed by atoms with van der Waals surface area (Å²) >= 11 is 0. The van der Waals surface area contributed by atoms with Crippen molar-refractivity contribution in [2.24, 2.45) is 0 Å². The maximum atomic E-state index is 11.8. The van der Waals surface area contributed by atoms with Gasteiger partial charge in [-0.2, -0.15) is 0 Å². The van der Waals surface area contributed by atoms with Crippen molar-refractivity contribution in [3.63, 3.8) is 0 Å². The molecule has 20 rings (SSSR count). The third kappa shape index (κ3) is 15.7. The second kappa shape index (κ2) is 33.2. The van der Waals surface area contributed by atoms with Crippen LogP contribution in [0.2, 0.25) is 0 Å². The Balaban J connectivity index is 0.000000180. The second-order valence-electron chi connectivity index (χ2n) is 30.9. The lowest BCUT2D eigenvalue weighted by Crippen LogP contribution is -2.03. The number of aromatic hydroxyl groups is 32. The minimum atomic E-state index is -0.910. The molecule has 16 aromatic carbocycles. The van der Waals surface area contributed by atoms with E-state index in [9.17, 15) is 163 Å². The first kappa shape index (κ1) is 89.5. The summed E-state index contributed by atoms with van der Waals surface area (Å²) in [7, 11) is 0. The Kier molecular flexibility index (Phi) is 20.9. The Morgan fingerprint density at radius 2 is 0.408 bits per heavy atom. The molecule has 0 bridgehead atoms. The zero-order chi connectivity index (χ0) is 101. The number of hydrogen-bond donors (Lipinski definition) is 32. The van der Waals surface area contributed by atoms with E-state index in [1.807, 2.05) is 0 Å². The second-order valence-corrected chi connectivity index (χ2v) is 30.9. The van der Waals surface area contributed by atoms with Crippen LogP contribution in [-0.4, -0.2) is 163 Å². The van der Waals surface area contributed by atoms with Gasteiger partial charge in [-0.3, -0.25) is 0 Å². The van der Waals surface area contributed by atoms with Gasteiger partial charge in [0.25, 0.3) is 0 Å². The van der Waals surface area contributed by atoms with Gasteiger partial charge in [0, 0.05) is 170 Å². The highest BCUT2D eigenvalue weighted by molar-refractivity contribution is 6.17. The summed E-state index contributed by atoms with van der Waals surface area (Å²) in [6.45, 7) is 0. The van der Waals surface area contributed by atoms with E-state index in [-0.39, 0.29) is 61.1 Å². The van der Waals surface area contributed by atoms with Crippen LogP contribution in [0.15, 0.2) is 179 Å². The fraction of sp³-hybridized carbons (Fsp3) is 0. The Morgan fingerprint density at radius 1 is 0.155 bits per heavy atom. The number of furan rings is 2. The lowest BCUT2D eigenvalue weighted by atomic mass is 10.00. The number of benzene rings is 16. The molecule has 32 N–H and O–H groups in total. The van der Waals surface area contributed by atoms with Crippen LogP contribution in [0, 0.1) is 0 Å². The van der Waals surface area contributed by atoms with Gasteiger partial charge in [-0.05, 0) is 0 Å². The number of rotatable bonds is 18. The van der Waals surface area contributed by atoms with Crippen molar-refractivity contribution < 1.29 is 229 Å². The molecule has 142 heavy (non-hydrogen) atoms. The van der Waals surface area contributed by atoms with Crippen LogP contribution in [0.3, 0.4) is 0 Å². The van der Waals surface area contributed by atoms with E-state index in [0.29, 0.717) is 0 Å². The number of ether oxygens (including phenoxy) is 12. The van der Waals surface area contributed by atoms with Gasteiger partial charge >= 0.3 is 0 Å². The monoisotopic (exact) mass is 1950 g/mol. The highest BCUT2D eigenvalue weighted by atomic mass is 16.6. The quantitative estimate of drug-likeness (QED) is 0.0379. The van der Waals surface area contributed by atoms with Crippen molar-refractivity contribution in [3.8, 4) is 344 Å². The fourth-order valence-electron chi connectivity index (χ4n) is 15.4. The third-order valence-corrected chi connectivity index (χ3v) is 21.1. The number of hydrogen-bond acceptors (Lipinski definition) is 46. The molecule has 0 radical (unpaired) electrons. The maximum Gasteiger partial charge on any atom is 0.220 e. The molecule has 2 aliphatic heterocycles. The summed E-state index contributed by atoms with van der Waals surface area (Å²) in [5.74, 6) is -36.8. The van der Waals surface area contributed by atoms with E-state index >= 15 is 0 Å². The summed E-state index contributed by atoms with van der Waals surface area (Å²) < 4.78 is 82.6. The van der Waals surface area contributed by atoms with Gasteiger partial charge in [-0.15, -0.1) is 0 Å². The minimum absolute atomic E-state index is 0.144. The Morgan fingerprint density at radius 3 is 0.782 bits per heavy atom. The zero-order valence-corrected chi connectivity index (χ0v) is 70.2. The molecule has 720 valence electrons. The van der Waals surface area contributed by atoms with Crippen molar-refractivity contribution in [1.29, 1.82) is 0 Å². The van der Waals surface area contributed by atoms with Crippen molar-refractivity contribution in [1.82, 2.24) is 0 Å². The summed E-state index contributed by atoms with van der Waals surface area (Å²) in [5.41, 5.74) is -3.49. The van der Waals surface area contributed by atoms with Crippen molar-refractivity contribution >= 4 is 43.9 Å². The average molecular weight is 1950 g/mol. The van der Waals surface area contributed by atoms with Crippen LogP contribution in [0.5, 0.6) is 322 Å². The molecule has 0 aliphatic carbocycles. The van der Waals surface area contributed by atoms with Crippen LogP contribution in [0.1, 0.15) is 0 Å². The van der Waals surface area contributed by atoms with Crippen LogP contribution >= 0.6 is 0 Å². The number of phenols is 32. The highest BCUT2D eigenvalue weighted by Gasteiger charge is 2.41. The topological polar surface area (TPSA) is 784 Å². The standard InChI is InChI=1S/2C48H30O23/c49-15-1-16(50)3-21(2-15)65-42-28(61)12-24(57)38-39-34(68-46(38)42)14-31(64)43-47(39)70-45-30(63)13-29(62)44(48(45)71-43)67-33-10-19(53)5-23(56)37(33)36-22(55)4-18(52)9-32(36)66-41-27(60)8-20(54)11-35(41)69-40-25(58)6-17(51)7-26(40)59;49-15-1-16(50)3-21(2-15)65-43-28(61)12-24(57)38-39-33(68-47(38)43)14-35-46(40(39)64)71-48-44(29(62)13-30(63)45(48)70-35)67-32-10-19(53)5-23(56)37(32)36-22(55)4-18(52)9-31(36)66-42-27(60)8-20(54)11-34(42)69-41-25(58)6-17(51)7-26(41)59/h2*1-14,49-64H. The minimum Gasteiger partial charge on any atom is -0.508 e. The van der Waals surface area contributed by atoms with E-state index in [1.54, 1.807) is 0 Å². The van der Waals surface area contributed by atoms with E-state index in [4.69, 9.17) is 65.7 Å². The summed E-state index contributed by atoms with van der Waals surface area (Å²) in [6, 6.07) is 24.7. The number of fused-ring (bicyclic) bond motifs is 11. The van der Waals surface area contributed by atoms with Crippen molar-refractivity contribution in [2.75, 3.05) is 0 Å². The fourth-order valence-corrected chi connectivity index (χ4v) is 15.4. The predicted octanol–water partition coefficient (Wildman–Crippen LogP) is 19.2. The van der Waals surface area contributed by atoms with E-state index < -0.39 is 327 Å². The van der Waals surface area contributed by atoms with Gasteiger partial charge in [0.05, 0.1) is 43.8 Å². The Hall–Kier alpha value is -21.7. The van der Waals surface area contributed by atoms with Crippen LogP contribution < -0.4 is 56.8 Å². The van der Waals surface area contributed by atoms with Gasteiger partial charge < -0.3 is 229 Å². The first-order valence-electron chi connectivity index (χ1n) is 40.0. The smallest absolute Gasteiger partial charge is 0.220 e. The Labute approximate surface area is 783 Å². The largest absolute Gasteiger partial charge is 0.508 e. The molecule has 0 amide bonds. The average Bonchev–Trinajstić information content (AvgIpc) is 1.55. The van der Waals surface area contributed by atoms with E-state index in [2.05, 4.69) is 0 Å². The molecular formula is C96H60O46. The van der Waals surface area contributed by atoms with Crippen molar-refractivity contribution in [3.05, 3.63) is 170 Å². The highest BCUT2D eigenvalue weighted by Crippen LogP contribution is 2.68. The van der Waals surface area contributed by atoms with Crippen molar-refractivity contribution in [2.45, 2.75) is 0 Å². The molecule has 46 heteroatoms. The normalized spacial score (nSPS) is 11.7.